The van der Waals surface area contributed by atoms with Crippen molar-refractivity contribution in [3.8, 4) is 0 Å². The molecule has 0 amide bonds. The Morgan fingerprint density at radius 3 is 2.69 bits per heavy atom. The molecule has 2 N–H and O–H groups in total. The SMILES string of the molecule is CC1CC(NC(=S)S)CC(C)(C)N1. The largest absolute Gasteiger partial charge is 0.368 e. The fourth-order valence-electron chi connectivity index (χ4n) is 2.20. The van der Waals surface area contributed by atoms with Crippen molar-refractivity contribution in [3.05, 3.63) is 0 Å². The molecule has 1 heterocycles. The smallest absolute Gasteiger partial charge is 0.130 e. The molecule has 76 valence electrons. The molecule has 2 atom stereocenters. The van der Waals surface area contributed by atoms with E-state index < -0.39 is 0 Å². The first-order chi connectivity index (χ1) is 5.89. The fourth-order valence-corrected chi connectivity index (χ4v) is 2.54. The second kappa shape index (κ2) is 4.15. The van der Waals surface area contributed by atoms with Gasteiger partial charge in [-0.1, -0.05) is 12.2 Å². The third-order valence-electron chi connectivity index (χ3n) is 2.36. The Kier molecular flexibility index (Phi) is 3.60. The van der Waals surface area contributed by atoms with Crippen LogP contribution >= 0.6 is 24.8 Å². The average molecular weight is 218 g/mol. The molecule has 4 heteroatoms. The van der Waals surface area contributed by atoms with Crippen LogP contribution in [0.2, 0.25) is 0 Å². The molecule has 1 rings (SSSR count). The highest BCUT2D eigenvalue weighted by Crippen LogP contribution is 2.22. The van der Waals surface area contributed by atoms with Gasteiger partial charge in [0.1, 0.15) is 4.32 Å². The predicted molar refractivity (Wildman–Crippen MR) is 64.4 cm³/mol. The first-order valence-corrected chi connectivity index (χ1v) is 5.52. The van der Waals surface area contributed by atoms with E-state index in [9.17, 15) is 0 Å². The van der Waals surface area contributed by atoms with Gasteiger partial charge in [-0.2, -0.15) is 0 Å². The summed E-state index contributed by atoms with van der Waals surface area (Å²) >= 11 is 9.02. The van der Waals surface area contributed by atoms with E-state index in [-0.39, 0.29) is 5.54 Å². The van der Waals surface area contributed by atoms with Crippen LogP contribution in [0.15, 0.2) is 0 Å². The molecule has 0 radical (unpaired) electrons. The maximum atomic E-state index is 4.92. The standard InChI is InChI=1S/C9H18N2S2/c1-6-4-7(10-8(12)13)5-9(2,3)11-6/h6-7,11H,4-5H2,1-3H3,(H2,10,12,13). The van der Waals surface area contributed by atoms with Crippen LogP contribution in [0.3, 0.4) is 0 Å². The molecule has 0 aromatic rings. The summed E-state index contributed by atoms with van der Waals surface area (Å²) in [4.78, 5) is 0. The van der Waals surface area contributed by atoms with E-state index in [0.29, 0.717) is 16.4 Å². The summed E-state index contributed by atoms with van der Waals surface area (Å²) in [7, 11) is 0. The molecule has 0 bridgehead atoms. The van der Waals surface area contributed by atoms with Gasteiger partial charge in [0.05, 0.1) is 0 Å². The topological polar surface area (TPSA) is 24.1 Å². The van der Waals surface area contributed by atoms with Gasteiger partial charge in [-0.15, -0.1) is 12.6 Å². The van der Waals surface area contributed by atoms with E-state index in [1.165, 1.54) is 0 Å². The molecule has 0 spiro atoms. The Morgan fingerprint density at radius 2 is 2.23 bits per heavy atom. The highest BCUT2D eigenvalue weighted by atomic mass is 32.1. The second-order valence-electron chi connectivity index (χ2n) is 4.52. The lowest BCUT2D eigenvalue weighted by molar-refractivity contribution is 0.220. The molecule has 1 saturated heterocycles. The number of piperidine rings is 1. The monoisotopic (exact) mass is 218 g/mol. The van der Waals surface area contributed by atoms with Crippen LogP contribution in [-0.4, -0.2) is 21.9 Å². The van der Waals surface area contributed by atoms with Gasteiger partial charge < -0.3 is 10.6 Å². The molecular weight excluding hydrogens is 200 g/mol. The van der Waals surface area contributed by atoms with E-state index >= 15 is 0 Å². The molecule has 13 heavy (non-hydrogen) atoms. The van der Waals surface area contributed by atoms with Crippen molar-refractivity contribution >= 4 is 29.2 Å². The van der Waals surface area contributed by atoms with Crippen LogP contribution in [0.5, 0.6) is 0 Å². The predicted octanol–water partition coefficient (Wildman–Crippen LogP) is 1.71. The molecule has 2 unspecified atom stereocenters. The maximum absolute atomic E-state index is 4.92. The summed E-state index contributed by atoms with van der Waals surface area (Å²) in [6.07, 6.45) is 2.21. The zero-order chi connectivity index (χ0) is 10.1. The van der Waals surface area contributed by atoms with Gasteiger partial charge in [0.25, 0.3) is 0 Å². The summed E-state index contributed by atoms with van der Waals surface area (Å²) in [6, 6.07) is 1.01. The first-order valence-electron chi connectivity index (χ1n) is 4.66. The first kappa shape index (κ1) is 11.3. The van der Waals surface area contributed by atoms with Gasteiger partial charge in [-0.3, -0.25) is 0 Å². The zero-order valence-electron chi connectivity index (χ0n) is 8.42. The second-order valence-corrected chi connectivity index (χ2v) is 5.67. The molecule has 1 fully saturated rings. The summed E-state index contributed by atoms with van der Waals surface area (Å²) < 4.78 is 0.606. The van der Waals surface area contributed by atoms with Gasteiger partial charge in [0, 0.05) is 17.6 Å². The number of hydrogen-bond donors (Lipinski definition) is 3. The molecule has 2 nitrogen and oxygen atoms in total. The number of nitrogens with one attached hydrogen (secondary N) is 2. The molecule has 0 aromatic carbocycles. The Bertz CT molecular complexity index is 204. The molecule has 0 aromatic heterocycles. The highest BCUT2D eigenvalue weighted by molar-refractivity contribution is 8.11. The minimum Gasteiger partial charge on any atom is -0.368 e. The minimum absolute atomic E-state index is 0.202. The number of thiol groups is 1. The van der Waals surface area contributed by atoms with E-state index in [1.54, 1.807) is 0 Å². The van der Waals surface area contributed by atoms with Gasteiger partial charge in [0.2, 0.25) is 0 Å². The van der Waals surface area contributed by atoms with E-state index in [1.807, 2.05) is 0 Å². The quantitative estimate of drug-likeness (QED) is 0.461. The summed E-state index contributed by atoms with van der Waals surface area (Å²) in [5, 5.41) is 6.77. The van der Waals surface area contributed by atoms with Gasteiger partial charge in [-0.05, 0) is 33.6 Å². The average Bonchev–Trinajstić information content (AvgIpc) is 1.78. The Hall–Kier alpha value is 0.200. The Labute approximate surface area is 91.3 Å². The normalized spacial score (nSPS) is 32.6. The van der Waals surface area contributed by atoms with Gasteiger partial charge in [0.15, 0.2) is 0 Å². The van der Waals surface area contributed by atoms with Crippen LogP contribution in [0, 0.1) is 0 Å². The van der Waals surface area contributed by atoms with E-state index in [0.717, 1.165) is 12.8 Å². The van der Waals surface area contributed by atoms with Gasteiger partial charge >= 0.3 is 0 Å². The van der Waals surface area contributed by atoms with Crippen LogP contribution in [0.25, 0.3) is 0 Å². The van der Waals surface area contributed by atoms with Crippen molar-refractivity contribution in [2.75, 3.05) is 0 Å². The maximum Gasteiger partial charge on any atom is 0.130 e. The third-order valence-corrected chi connectivity index (χ3v) is 2.61. The lowest BCUT2D eigenvalue weighted by Crippen LogP contribution is -2.56. The highest BCUT2D eigenvalue weighted by Gasteiger charge is 2.31. The van der Waals surface area contributed by atoms with Crippen molar-refractivity contribution in [3.63, 3.8) is 0 Å². The fraction of sp³-hybridized carbons (Fsp3) is 0.889. The van der Waals surface area contributed by atoms with Crippen molar-refractivity contribution in [1.29, 1.82) is 0 Å². The molecule has 1 aliphatic heterocycles. The van der Waals surface area contributed by atoms with E-state index in [2.05, 4.69) is 44.0 Å². The number of hydrogen-bond acceptors (Lipinski definition) is 2. The Balaban J connectivity index is 2.52. The Morgan fingerprint density at radius 1 is 1.62 bits per heavy atom. The summed E-state index contributed by atoms with van der Waals surface area (Å²) in [6.45, 7) is 6.65. The third kappa shape index (κ3) is 3.83. The summed E-state index contributed by atoms with van der Waals surface area (Å²) in [5.74, 6) is 0. The molecule has 1 aliphatic rings. The zero-order valence-corrected chi connectivity index (χ0v) is 10.1. The van der Waals surface area contributed by atoms with Gasteiger partial charge in [-0.25, -0.2) is 0 Å². The lowest BCUT2D eigenvalue weighted by Gasteiger charge is -2.40. The lowest BCUT2D eigenvalue weighted by atomic mass is 9.86. The molecule has 0 saturated carbocycles. The van der Waals surface area contributed by atoms with Crippen LogP contribution < -0.4 is 10.6 Å². The molecular formula is C9H18N2S2. The summed E-state index contributed by atoms with van der Waals surface area (Å²) in [5.41, 5.74) is 0.202. The van der Waals surface area contributed by atoms with Crippen LogP contribution in [0.1, 0.15) is 33.6 Å². The van der Waals surface area contributed by atoms with E-state index in [4.69, 9.17) is 12.2 Å². The number of rotatable bonds is 1. The van der Waals surface area contributed by atoms with Crippen LogP contribution in [-0.2, 0) is 0 Å². The van der Waals surface area contributed by atoms with Crippen molar-refractivity contribution < 1.29 is 0 Å². The van der Waals surface area contributed by atoms with Crippen LogP contribution in [0.4, 0.5) is 0 Å². The van der Waals surface area contributed by atoms with Crippen molar-refractivity contribution in [2.24, 2.45) is 0 Å². The van der Waals surface area contributed by atoms with Crippen molar-refractivity contribution in [1.82, 2.24) is 10.6 Å². The number of thiocarbonyl (C=S) groups is 1. The van der Waals surface area contributed by atoms with Crippen molar-refractivity contribution in [2.45, 2.75) is 51.2 Å². The minimum atomic E-state index is 0.202. The molecule has 0 aliphatic carbocycles.